The highest BCUT2D eigenvalue weighted by Crippen LogP contribution is 2.62. The third kappa shape index (κ3) is 5.05. The number of hydrogen-bond donors (Lipinski definition) is 0. The summed E-state index contributed by atoms with van der Waals surface area (Å²) >= 11 is 0. The highest BCUT2D eigenvalue weighted by atomic mass is 16.5. The summed E-state index contributed by atoms with van der Waals surface area (Å²) in [6.07, 6.45) is 0. The average molecular weight is 715 g/mol. The van der Waals surface area contributed by atoms with E-state index in [0.29, 0.717) is 5.82 Å². The van der Waals surface area contributed by atoms with Crippen LogP contribution in [0.1, 0.15) is 22.3 Å². The molecule has 262 valence electrons. The van der Waals surface area contributed by atoms with Crippen LogP contribution in [0.4, 0.5) is 0 Å². The molecule has 0 saturated heterocycles. The molecule has 0 unspecified atom stereocenters. The molecule has 11 rings (SSSR count). The molecule has 0 fully saturated rings. The van der Waals surface area contributed by atoms with Crippen molar-refractivity contribution in [2.75, 3.05) is 0 Å². The van der Waals surface area contributed by atoms with Gasteiger partial charge in [-0.1, -0.05) is 170 Å². The predicted octanol–water partition coefficient (Wildman–Crippen LogP) is 13.3. The Labute approximate surface area is 326 Å². The molecule has 1 aliphatic heterocycles. The van der Waals surface area contributed by atoms with E-state index in [9.17, 15) is 0 Å². The SMILES string of the molecule is c1ccc(-c2cc(-c3ccccc3)nc(-c3cccc(-c4cccc(-c5ccc6c(c5)C5(c7ccccc7O6)c6ccccc6-c6ccccc65)c4)c3)n2)cc1. The Morgan fingerprint density at radius 1 is 0.304 bits per heavy atom. The van der Waals surface area contributed by atoms with Crippen molar-refractivity contribution in [1.29, 1.82) is 0 Å². The zero-order chi connectivity index (χ0) is 37.1. The standard InChI is InChI=1S/C53H34N2O/c1-3-15-35(16-4-1)48-34-49(36-17-5-2-6-18-36)55-52(54-48)41-22-14-21-39(32-41)37-19-13-20-38(31-37)40-29-30-51-47(33-40)53(46-27-11-12-28-50(46)56-51)44-25-9-7-23-42(44)43-24-8-10-26-45(43)53/h1-34H. The zero-order valence-electron chi connectivity index (χ0n) is 30.4. The maximum Gasteiger partial charge on any atom is 0.160 e. The lowest BCUT2D eigenvalue weighted by Crippen LogP contribution is -2.32. The van der Waals surface area contributed by atoms with Gasteiger partial charge in [0, 0.05) is 27.8 Å². The molecule has 1 aliphatic carbocycles. The van der Waals surface area contributed by atoms with Crippen molar-refractivity contribution in [1.82, 2.24) is 9.97 Å². The second-order valence-electron chi connectivity index (χ2n) is 14.5. The lowest BCUT2D eigenvalue weighted by molar-refractivity contribution is 0.436. The van der Waals surface area contributed by atoms with E-state index in [1.54, 1.807) is 0 Å². The van der Waals surface area contributed by atoms with Crippen molar-refractivity contribution < 1.29 is 4.74 Å². The number of hydrogen-bond acceptors (Lipinski definition) is 3. The molecule has 1 aromatic heterocycles. The third-order valence-electron chi connectivity index (χ3n) is 11.4. The molecule has 0 amide bonds. The van der Waals surface area contributed by atoms with E-state index in [1.165, 1.54) is 27.8 Å². The first-order valence-electron chi connectivity index (χ1n) is 19.1. The van der Waals surface area contributed by atoms with E-state index in [1.807, 2.05) is 36.4 Å². The third-order valence-corrected chi connectivity index (χ3v) is 11.4. The van der Waals surface area contributed by atoms with Gasteiger partial charge in [0.25, 0.3) is 0 Å². The molecule has 3 heteroatoms. The predicted molar refractivity (Wildman–Crippen MR) is 227 cm³/mol. The van der Waals surface area contributed by atoms with Gasteiger partial charge < -0.3 is 4.74 Å². The van der Waals surface area contributed by atoms with Gasteiger partial charge in [0.1, 0.15) is 11.5 Å². The molecular formula is C53H34N2O. The maximum atomic E-state index is 6.69. The Kier molecular flexibility index (Phi) is 7.39. The highest BCUT2D eigenvalue weighted by Gasteiger charge is 2.51. The lowest BCUT2D eigenvalue weighted by atomic mass is 9.66. The minimum atomic E-state index is -0.508. The number of nitrogens with zero attached hydrogens (tertiary/aromatic N) is 2. The molecule has 3 nitrogen and oxygen atoms in total. The van der Waals surface area contributed by atoms with Crippen LogP contribution in [0, 0.1) is 0 Å². The minimum absolute atomic E-state index is 0.508. The van der Waals surface area contributed by atoms with Crippen LogP contribution in [0.5, 0.6) is 11.5 Å². The molecule has 0 saturated carbocycles. The zero-order valence-corrected chi connectivity index (χ0v) is 30.4. The average Bonchev–Trinajstić information content (AvgIpc) is 3.57. The number of benzene rings is 8. The van der Waals surface area contributed by atoms with Gasteiger partial charge in [0.2, 0.25) is 0 Å². The van der Waals surface area contributed by atoms with E-state index < -0.39 is 5.41 Å². The Balaban J connectivity index is 1.03. The van der Waals surface area contributed by atoms with Crippen molar-refractivity contribution in [3.63, 3.8) is 0 Å². The van der Waals surface area contributed by atoms with Crippen LogP contribution < -0.4 is 4.74 Å². The fraction of sp³-hybridized carbons (Fsp3) is 0.0189. The van der Waals surface area contributed by atoms with Gasteiger partial charge in [-0.3, -0.25) is 0 Å². The van der Waals surface area contributed by atoms with Crippen LogP contribution in [-0.2, 0) is 5.41 Å². The molecular weight excluding hydrogens is 681 g/mol. The molecule has 0 atom stereocenters. The first kappa shape index (κ1) is 32.1. The van der Waals surface area contributed by atoms with Crippen LogP contribution in [0.25, 0.3) is 67.3 Å². The molecule has 0 radical (unpaired) electrons. The van der Waals surface area contributed by atoms with Gasteiger partial charge in [-0.25, -0.2) is 9.97 Å². The summed E-state index contributed by atoms with van der Waals surface area (Å²) in [5.74, 6) is 2.48. The number of rotatable bonds is 5. The molecule has 8 aromatic carbocycles. The second-order valence-corrected chi connectivity index (χ2v) is 14.5. The van der Waals surface area contributed by atoms with Gasteiger partial charge in [-0.05, 0) is 80.9 Å². The summed E-state index contributed by atoms with van der Waals surface area (Å²) in [7, 11) is 0. The minimum Gasteiger partial charge on any atom is -0.457 e. The molecule has 9 aromatic rings. The summed E-state index contributed by atoms with van der Waals surface area (Å²) in [6.45, 7) is 0. The summed E-state index contributed by atoms with van der Waals surface area (Å²) in [6, 6.07) is 73.1. The van der Waals surface area contributed by atoms with E-state index in [4.69, 9.17) is 14.7 Å². The number of aromatic nitrogens is 2. The van der Waals surface area contributed by atoms with Crippen molar-refractivity contribution in [3.05, 3.63) is 229 Å². The number of para-hydroxylation sites is 1. The molecule has 2 aliphatic rings. The topological polar surface area (TPSA) is 35.0 Å². The Hall–Kier alpha value is -7.36. The van der Waals surface area contributed by atoms with Crippen LogP contribution in [0.3, 0.4) is 0 Å². The van der Waals surface area contributed by atoms with Crippen LogP contribution in [-0.4, -0.2) is 9.97 Å². The van der Waals surface area contributed by atoms with E-state index in [2.05, 4.69) is 170 Å². The molecule has 56 heavy (non-hydrogen) atoms. The van der Waals surface area contributed by atoms with Gasteiger partial charge in [0.05, 0.1) is 16.8 Å². The van der Waals surface area contributed by atoms with E-state index in [-0.39, 0.29) is 0 Å². The normalized spacial score (nSPS) is 12.9. The quantitative estimate of drug-likeness (QED) is 0.178. The van der Waals surface area contributed by atoms with E-state index in [0.717, 1.165) is 67.4 Å². The summed E-state index contributed by atoms with van der Waals surface area (Å²) in [4.78, 5) is 10.2. The second kappa shape index (κ2) is 12.9. The Morgan fingerprint density at radius 3 is 1.36 bits per heavy atom. The fourth-order valence-electron chi connectivity index (χ4n) is 8.84. The highest BCUT2D eigenvalue weighted by molar-refractivity contribution is 5.89. The largest absolute Gasteiger partial charge is 0.457 e. The summed E-state index contributed by atoms with van der Waals surface area (Å²) in [5, 5.41) is 0. The van der Waals surface area contributed by atoms with Crippen molar-refractivity contribution >= 4 is 0 Å². The molecule has 1 spiro atoms. The molecule has 0 N–H and O–H groups in total. The van der Waals surface area contributed by atoms with Crippen LogP contribution in [0.15, 0.2) is 206 Å². The van der Waals surface area contributed by atoms with Crippen molar-refractivity contribution in [2.24, 2.45) is 0 Å². The van der Waals surface area contributed by atoms with Gasteiger partial charge in [-0.15, -0.1) is 0 Å². The molecule has 2 heterocycles. The van der Waals surface area contributed by atoms with Crippen LogP contribution in [0.2, 0.25) is 0 Å². The van der Waals surface area contributed by atoms with Crippen molar-refractivity contribution in [3.8, 4) is 78.8 Å². The monoisotopic (exact) mass is 714 g/mol. The number of ether oxygens (including phenoxy) is 1. The van der Waals surface area contributed by atoms with Gasteiger partial charge in [0.15, 0.2) is 5.82 Å². The van der Waals surface area contributed by atoms with Gasteiger partial charge >= 0.3 is 0 Å². The smallest absolute Gasteiger partial charge is 0.160 e. The lowest BCUT2D eigenvalue weighted by Gasteiger charge is -2.39. The fourth-order valence-corrected chi connectivity index (χ4v) is 8.84. The van der Waals surface area contributed by atoms with E-state index >= 15 is 0 Å². The van der Waals surface area contributed by atoms with Crippen LogP contribution >= 0.6 is 0 Å². The Morgan fingerprint density at radius 2 is 0.750 bits per heavy atom. The number of fused-ring (bicyclic) bond motifs is 9. The molecule has 0 bridgehead atoms. The van der Waals surface area contributed by atoms with Gasteiger partial charge in [-0.2, -0.15) is 0 Å². The summed E-state index contributed by atoms with van der Waals surface area (Å²) < 4.78 is 6.69. The summed E-state index contributed by atoms with van der Waals surface area (Å²) in [5.41, 5.74) is 16.3. The maximum absolute atomic E-state index is 6.69. The Bertz CT molecular complexity index is 2850. The first-order valence-corrected chi connectivity index (χ1v) is 19.1. The van der Waals surface area contributed by atoms with Crippen molar-refractivity contribution in [2.45, 2.75) is 5.41 Å². The first-order chi connectivity index (χ1) is 27.7.